The van der Waals surface area contributed by atoms with Crippen LogP contribution in [0.25, 0.3) is 0 Å². The van der Waals surface area contributed by atoms with Crippen LogP contribution in [0.2, 0.25) is 0 Å². The first-order valence-corrected chi connectivity index (χ1v) is 11.0. The molecule has 0 aliphatic carbocycles. The molecule has 1 aliphatic heterocycles. The number of nitrogens with zero attached hydrogens (tertiary/aromatic N) is 1. The summed E-state index contributed by atoms with van der Waals surface area (Å²) >= 11 is 3.47. The molecule has 3 rings (SSSR count). The highest BCUT2D eigenvalue weighted by molar-refractivity contribution is 9.10. The highest BCUT2D eigenvalue weighted by atomic mass is 79.9. The molecule has 160 valence electrons. The fourth-order valence-electron chi connectivity index (χ4n) is 3.28. The van der Waals surface area contributed by atoms with E-state index in [1.54, 1.807) is 18.2 Å². The van der Waals surface area contributed by atoms with E-state index in [0.29, 0.717) is 29.4 Å². The number of carbonyl (C=O) groups is 2. The van der Waals surface area contributed by atoms with E-state index in [1.165, 1.54) is 6.42 Å². The molecule has 1 heterocycles. The van der Waals surface area contributed by atoms with Gasteiger partial charge in [-0.1, -0.05) is 22.0 Å². The number of hydrogen-bond acceptors (Lipinski definition) is 4. The van der Waals surface area contributed by atoms with Gasteiger partial charge in [0.15, 0.2) is 18.1 Å². The number of likely N-dealkylation sites (tertiary alicyclic amines) is 1. The normalized spacial score (nSPS) is 13.6. The molecule has 2 aromatic rings. The number of anilines is 1. The van der Waals surface area contributed by atoms with E-state index in [4.69, 9.17) is 9.47 Å². The fourth-order valence-corrected chi connectivity index (χ4v) is 3.66. The Balaban J connectivity index is 1.68. The maximum Gasteiger partial charge on any atom is 0.260 e. The summed E-state index contributed by atoms with van der Waals surface area (Å²) in [4.78, 5) is 26.9. The lowest BCUT2D eigenvalue weighted by molar-refractivity contribution is -0.134. The highest BCUT2D eigenvalue weighted by Crippen LogP contribution is 2.29. The molecule has 0 atom stereocenters. The summed E-state index contributed by atoms with van der Waals surface area (Å²) < 4.78 is 12.3. The molecule has 1 fully saturated rings. The number of nitrogens with one attached hydrogen (secondary N) is 1. The first-order chi connectivity index (χ1) is 14.5. The number of hydrogen-bond donors (Lipinski definition) is 1. The van der Waals surface area contributed by atoms with Crippen molar-refractivity contribution in [3.05, 3.63) is 52.0 Å². The minimum atomic E-state index is -0.248. The van der Waals surface area contributed by atoms with Crippen LogP contribution in [0.3, 0.4) is 0 Å². The number of carbonyl (C=O) groups excluding carboxylic acids is 2. The third kappa shape index (κ3) is 5.75. The largest absolute Gasteiger partial charge is 0.490 e. The number of piperidine rings is 1. The van der Waals surface area contributed by atoms with Crippen molar-refractivity contribution in [3.63, 3.8) is 0 Å². The predicted octanol–water partition coefficient (Wildman–Crippen LogP) is 4.80. The molecule has 0 bridgehead atoms. The number of halogens is 1. The minimum Gasteiger partial charge on any atom is -0.490 e. The van der Waals surface area contributed by atoms with Crippen LogP contribution in [0.5, 0.6) is 11.5 Å². The number of rotatable bonds is 7. The molecule has 0 unspecified atom stereocenters. The van der Waals surface area contributed by atoms with Crippen LogP contribution in [0, 0.1) is 6.92 Å². The second kappa shape index (κ2) is 10.5. The number of aryl methyl sites for hydroxylation is 1. The molecule has 0 radical (unpaired) electrons. The Morgan fingerprint density at radius 2 is 1.80 bits per heavy atom. The van der Waals surface area contributed by atoms with Crippen LogP contribution < -0.4 is 14.8 Å². The van der Waals surface area contributed by atoms with Gasteiger partial charge < -0.3 is 19.7 Å². The van der Waals surface area contributed by atoms with Crippen LogP contribution >= 0.6 is 15.9 Å². The zero-order valence-corrected chi connectivity index (χ0v) is 19.0. The van der Waals surface area contributed by atoms with Gasteiger partial charge in [0.05, 0.1) is 6.61 Å². The van der Waals surface area contributed by atoms with Gasteiger partial charge in [0.25, 0.3) is 11.8 Å². The second-order valence-electron chi connectivity index (χ2n) is 7.24. The van der Waals surface area contributed by atoms with Crippen LogP contribution in [-0.4, -0.2) is 43.0 Å². The summed E-state index contributed by atoms with van der Waals surface area (Å²) in [6, 6.07) is 10.6. The molecule has 1 N–H and O–H groups in total. The average molecular weight is 475 g/mol. The molecule has 0 spiro atoms. The number of ether oxygens (including phenoxy) is 2. The van der Waals surface area contributed by atoms with E-state index in [0.717, 1.165) is 36.0 Å². The van der Waals surface area contributed by atoms with E-state index in [2.05, 4.69) is 21.2 Å². The Bertz CT molecular complexity index is 910. The summed E-state index contributed by atoms with van der Waals surface area (Å²) in [5.74, 6) is 0.630. The molecule has 2 aromatic carbocycles. The zero-order chi connectivity index (χ0) is 21.5. The smallest absolute Gasteiger partial charge is 0.260 e. The van der Waals surface area contributed by atoms with E-state index >= 15 is 0 Å². The minimum absolute atomic E-state index is 0.0242. The van der Waals surface area contributed by atoms with Crippen molar-refractivity contribution >= 4 is 33.4 Å². The summed E-state index contributed by atoms with van der Waals surface area (Å²) in [6.07, 6.45) is 3.25. The summed E-state index contributed by atoms with van der Waals surface area (Å²) in [5.41, 5.74) is 2.24. The van der Waals surface area contributed by atoms with Crippen molar-refractivity contribution in [3.8, 4) is 11.5 Å². The van der Waals surface area contributed by atoms with Gasteiger partial charge in [0.1, 0.15) is 0 Å². The van der Waals surface area contributed by atoms with Crippen molar-refractivity contribution in [2.75, 3.05) is 31.6 Å². The Kier molecular flexibility index (Phi) is 7.74. The van der Waals surface area contributed by atoms with E-state index in [1.807, 2.05) is 36.9 Å². The summed E-state index contributed by atoms with van der Waals surface area (Å²) in [7, 11) is 0. The van der Waals surface area contributed by atoms with E-state index in [9.17, 15) is 9.59 Å². The van der Waals surface area contributed by atoms with Gasteiger partial charge in [-0.3, -0.25) is 9.59 Å². The average Bonchev–Trinajstić information content (AvgIpc) is 2.76. The van der Waals surface area contributed by atoms with Gasteiger partial charge >= 0.3 is 0 Å². The molecule has 6 nitrogen and oxygen atoms in total. The van der Waals surface area contributed by atoms with Crippen molar-refractivity contribution in [1.29, 1.82) is 0 Å². The van der Waals surface area contributed by atoms with Crippen molar-refractivity contribution in [1.82, 2.24) is 4.90 Å². The molecular formula is C23H27BrN2O4. The van der Waals surface area contributed by atoms with Gasteiger partial charge in [-0.05, 0) is 69.0 Å². The van der Waals surface area contributed by atoms with Crippen molar-refractivity contribution in [2.24, 2.45) is 0 Å². The SMILES string of the molecule is CCOc1cc(C(=O)Nc2ccc(C)c(Br)c2)ccc1OCC(=O)N1CCCCC1. The quantitative estimate of drug-likeness (QED) is 0.625. The van der Waals surface area contributed by atoms with Gasteiger partial charge in [-0.2, -0.15) is 0 Å². The molecule has 0 aromatic heterocycles. The van der Waals surface area contributed by atoms with Gasteiger partial charge in [0.2, 0.25) is 0 Å². The Labute approximate surface area is 185 Å². The first-order valence-electron chi connectivity index (χ1n) is 10.2. The molecule has 1 aliphatic rings. The highest BCUT2D eigenvalue weighted by Gasteiger charge is 2.18. The summed E-state index contributed by atoms with van der Waals surface area (Å²) in [6.45, 7) is 5.80. The van der Waals surface area contributed by atoms with Crippen molar-refractivity contribution in [2.45, 2.75) is 33.1 Å². The van der Waals surface area contributed by atoms with Crippen LogP contribution in [-0.2, 0) is 4.79 Å². The maximum atomic E-state index is 12.7. The van der Waals surface area contributed by atoms with Crippen molar-refractivity contribution < 1.29 is 19.1 Å². The van der Waals surface area contributed by atoms with Crippen LogP contribution in [0.4, 0.5) is 5.69 Å². The van der Waals surface area contributed by atoms with Gasteiger partial charge in [-0.15, -0.1) is 0 Å². The topological polar surface area (TPSA) is 67.9 Å². The van der Waals surface area contributed by atoms with Gasteiger partial charge in [-0.25, -0.2) is 0 Å². The standard InChI is InChI=1S/C23H27BrN2O4/c1-3-29-21-13-17(23(28)25-18-9-7-16(2)19(24)14-18)8-10-20(21)30-15-22(27)26-11-5-4-6-12-26/h7-10,13-14H,3-6,11-12,15H2,1-2H3,(H,25,28). The first kappa shape index (κ1) is 22.2. The maximum absolute atomic E-state index is 12.7. The molecule has 0 saturated carbocycles. The molecule has 1 saturated heterocycles. The fraction of sp³-hybridized carbons (Fsp3) is 0.391. The molecule has 2 amide bonds. The second-order valence-corrected chi connectivity index (χ2v) is 8.10. The Morgan fingerprint density at radius 3 is 2.50 bits per heavy atom. The predicted molar refractivity (Wildman–Crippen MR) is 120 cm³/mol. The van der Waals surface area contributed by atoms with Crippen LogP contribution in [0.15, 0.2) is 40.9 Å². The lowest BCUT2D eigenvalue weighted by atomic mass is 10.1. The third-order valence-corrected chi connectivity index (χ3v) is 5.85. The summed E-state index contributed by atoms with van der Waals surface area (Å²) in [5, 5.41) is 2.88. The van der Waals surface area contributed by atoms with E-state index in [-0.39, 0.29) is 18.4 Å². The monoisotopic (exact) mass is 474 g/mol. The lowest BCUT2D eigenvalue weighted by Gasteiger charge is -2.26. The third-order valence-electron chi connectivity index (χ3n) is 5.00. The Hall–Kier alpha value is -2.54. The number of amides is 2. The van der Waals surface area contributed by atoms with Crippen LogP contribution in [0.1, 0.15) is 42.1 Å². The zero-order valence-electron chi connectivity index (χ0n) is 17.4. The molecule has 30 heavy (non-hydrogen) atoms. The van der Waals surface area contributed by atoms with E-state index < -0.39 is 0 Å². The lowest BCUT2D eigenvalue weighted by Crippen LogP contribution is -2.38. The molecular weight excluding hydrogens is 448 g/mol. The van der Waals surface area contributed by atoms with Gasteiger partial charge in [0, 0.05) is 28.8 Å². The number of benzene rings is 2. The Morgan fingerprint density at radius 1 is 1.03 bits per heavy atom. The molecule has 7 heteroatoms.